The Morgan fingerprint density at radius 2 is 1.79 bits per heavy atom. The van der Waals surface area contributed by atoms with Crippen LogP contribution >= 0.6 is 0 Å². The van der Waals surface area contributed by atoms with Gasteiger partial charge in [-0.05, 0) is 39.6 Å². The number of nitrogens with zero attached hydrogens (tertiary/aromatic N) is 3. The van der Waals surface area contributed by atoms with Crippen LogP contribution in [0.3, 0.4) is 0 Å². The van der Waals surface area contributed by atoms with E-state index in [9.17, 15) is 4.79 Å². The lowest BCUT2D eigenvalue weighted by Crippen LogP contribution is -2.38. The molecule has 0 saturated carbocycles. The average Bonchev–Trinajstić information content (AvgIpc) is 3.18. The number of hydrogen-bond donors (Lipinski definition) is 0. The van der Waals surface area contributed by atoms with Gasteiger partial charge in [-0.1, -0.05) is 54.6 Å². The summed E-state index contributed by atoms with van der Waals surface area (Å²) in [5.41, 5.74) is 4.38. The lowest BCUT2D eigenvalue weighted by Gasteiger charge is -2.34. The highest BCUT2D eigenvalue weighted by Gasteiger charge is 2.30. The first kappa shape index (κ1) is 16.8. The van der Waals surface area contributed by atoms with Gasteiger partial charge in [0.2, 0.25) is 0 Å². The Morgan fingerprint density at radius 3 is 2.61 bits per heavy atom. The monoisotopic (exact) mass is 367 g/mol. The van der Waals surface area contributed by atoms with Gasteiger partial charge in [-0.3, -0.25) is 9.48 Å². The molecule has 28 heavy (non-hydrogen) atoms. The standard InChI is InChI=1S/C24H21N3O/c1-26-14-21(13-25-26)23-16-27(15-20-8-4-5-9-22(20)23)24(28)19-11-10-17-6-2-3-7-18(17)12-19/h2-14,23H,15-16H2,1H3. The predicted octanol–water partition coefficient (Wildman–Crippen LogP) is 4.36. The summed E-state index contributed by atoms with van der Waals surface area (Å²) in [5.74, 6) is 0.220. The Hall–Kier alpha value is -3.40. The lowest BCUT2D eigenvalue weighted by molar-refractivity contribution is 0.0725. The van der Waals surface area contributed by atoms with E-state index < -0.39 is 0 Å². The molecule has 1 aliphatic rings. The Labute approximate surface area is 164 Å². The third-order valence-electron chi connectivity index (χ3n) is 5.61. The summed E-state index contributed by atoms with van der Waals surface area (Å²) in [6.07, 6.45) is 3.96. The molecule has 2 heterocycles. The van der Waals surface area contributed by atoms with Crippen molar-refractivity contribution in [3.05, 3.63) is 101 Å². The van der Waals surface area contributed by atoms with E-state index in [1.807, 2.05) is 65.4 Å². The van der Waals surface area contributed by atoms with Crippen molar-refractivity contribution in [1.29, 1.82) is 0 Å². The first-order valence-electron chi connectivity index (χ1n) is 9.53. The molecule has 4 aromatic rings. The van der Waals surface area contributed by atoms with Crippen LogP contribution in [-0.4, -0.2) is 27.1 Å². The molecule has 0 radical (unpaired) electrons. The van der Waals surface area contributed by atoms with Gasteiger partial charge in [0, 0.05) is 37.8 Å². The molecule has 3 aromatic carbocycles. The van der Waals surface area contributed by atoms with Gasteiger partial charge in [0.15, 0.2) is 0 Å². The zero-order chi connectivity index (χ0) is 19.1. The number of hydrogen-bond acceptors (Lipinski definition) is 2. The molecule has 1 atom stereocenters. The maximum Gasteiger partial charge on any atom is 0.254 e. The van der Waals surface area contributed by atoms with E-state index in [-0.39, 0.29) is 11.8 Å². The largest absolute Gasteiger partial charge is 0.333 e. The van der Waals surface area contributed by atoms with Gasteiger partial charge in [-0.15, -0.1) is 0 Å². The second kappa shape index (κ2) is 6.64. The second-order valence-corrected chi connectivity index (χ2v) is 7.45. The highest BCUT2D eigenvalue weighted by molar-refractivity contribution is 5.98. The Kier molecular flexibility index (Phi) is 3.97. The van der Waals surface area contributed by atoms with Gasteiger partial charge < -0.3 is 4.90 Å². The SMILES string of the molecule is Cn1cc(C2CN(C(=O)c3ccc4ccccc4c3)Cc3ccccc32)cn1. The Morgan fingerprint density at radius 1 is 1.00 bits per heavy atom. The molecule has 138 valence electrons. The summed E-state index contributed by atoms with van der Waals surface area (Å²) < 4.78 is 1.82. The van der Waals surface area contributed by atoms with Crippen LogP contribution in [0.4, 0.5) is 0 Å². The average molecular weight is 367 g/mol. The van der Waals surface area contributed by atoms with Crippen LogP contribution in [0.25, 0.3) is 10.8 Å². The summed E-state index contributed by atoms with van der Waals surface area (Å²) in [5, 5.41) is 6.58. The number of benzene rings is 3. The van der Waals surface area contributed by atoms with Crippen molar-refractivity contribution in [3.63, 3.8) is 0 Å². The van der Waals surface area contributed by atoms with Crippen LogP contribution in [0.15, 0.2) is 79.1 Å². The minimum absolute atomic E-state index is 0.0779. The molecule has 4 heteroatoms. The number of fused-ring (bicyclic) bond motifs is 2. The fourth-order valence-corrected chi connectivity index (χ4v) is 4.17. The molecule has 0 N–H and O–H groups in total. The highest BCUT2D eigenvalue weighted by Crippen LogP contribution is 2.34. The van der Waals surface area contributed by atoms with Crippen LogP contribution in [0.2, 0.25) is 0 Å². The molecule has 1 unspecified atom stereocenters. The fraction of sp³-hybridized carbons (Fsp3) is 0.167. The van der Waals surface area contributed by atoms with Crippen molar-refractivity contribution in [2.75, 3.05) is 6.54 Å². The van der Waals surface area contributed by atoms with Crippen molar-refractivity contribution in [1.82, 2.24) is 14.7 Å². The molecule has 0 fully saturated rings. The zero-order valence-electron chi connectivity index (χ0n) is 15.7. The summed E-state index contributed by atoms with van der Waals surface area (Å²) in [6.45, 7) is 1.30. The third kappa shape index (κ3) is 2.87. The van der Waals surface area contributed by atoms with Crippen LogP contribution in [0.5, 0.6) is 0 Å². The van der Waals surface area contributed by atoms with Crippen molar-refractivity contribution in [2.45, 2.75) is 12.5 Å². The summed E-state index contributed by atoms with van der Waals surface area (Å²) in [6, 6.07) is 22.5. The highest BCUT2D eigenvalue weighted by atomic mass is 16.2. The van der Waals surface area contributed by atoms with E-state index in [0.29, 0.717) is 13.1 Å². The number of carbonyl (C=O) groups is 1. The maximum absolute atomic E-state index is 13.3. The molecular formula is C24H21N3O. The smallest absolute Gasteiger partial charge is 0.254 e. The van der Waals surface area contributed by atoms with Crippen molar-refractivity contribution >= 4 is 16.7 Å². The first-order chi connectivity index (χ1) is 13.7. The molecule has 0 saturated heterocycles. The molecule has 4 nitrogen and oxygen atoms in total. The molecule has 1 aliphatic heterocycles. The Balaban J connectivity index is 1.52. The normalized spacial score (nSPS) is 16.2. The number of carbonyl (C=O) groups excluding carboxylic acids is 1. The number of amides is 1. The predicted molar refractivity (Wildman–Crippen MR) is 110 cm³/mol. The van der Waals surface area contributed by atoms with Gasteiger partial charge in [-0.2, -0.15) is 5.10 Å². The van der Waals surface area contributed by atoms with Gasteiger partial charge in [-0.25, -0.2) is 0 Å². The van der Waals surface area contributed by atoms with Gasteiger partial charge >= 0.3 is 0 Å². The summed E-state index contributed by atoms with van der Waals surface area (Å²) >= 11 is 0. The first-order valence-corrected chi connectivity index (χ1v) is 9.53. The van der Waals surface area contributed by atoms with E-state index in [0.717, 1.165) is 21.9 Å². The second-order valence-electron chi connectivity index (χ2n) is 7.45. The lowest BCUT2D eigenvalue weighted by atomic mass is 9.86. The topological polar surface area (TPSA) is 38.1 Å². The Bertz CT molecular complexity index is 1180. The van der Waals surface area contributed by atoms with Gasteiger partial charge in [0.1, 0.15) is 0 Å². The van der Waals surface area contributed by atoms with Crippen LogP contribution < -0.4 is 0 Å². The van der Waals surface area contributed by atoms with Crippen molar-refractivity contribution in [2.24, 2.45) is 7.05 Å². The number of aryl methyl sites for hydroxylation is 1. The van der Waals surface area contributed by atoms with E-state index in [1.54, 1.807) is 0 Å². The molecule has 1 aromatic heterocycles. The fourth-order valence-electron chi connectivity index (χ4n) is 4.17. The zero-order valence-corrected chi connectivity index (χ0v) is 15.7. The van der Waals surface area contributed by atoms with Crippen molar-refractivity contribution < 1.29 is 4.79 Å². The molecular weight excluding hydrogens is 346 g/mol. The van der Waals surface area contributed by atoms with Crippen LogP contribution in [0.1, 0.15) is 33.0 Å². The molecule has 0 bridgehead atoms. The third-order valence-corrected chi connectivity index (χ3v) is 5.61. The quantitative estimate of drug-likeness (QED) is 0.528. The van der Waals surface area contributed by atoms with Crippen LogP contribution in [0, 0.1) is 0 Å². The number of rotatable bonds is 2. The minimum atomic E-state index is 0.0779. The summed E-state index contributed by atoms with van der Waals surface area (Å²) in [7, 11) is 1.93. The molecule has 1 amide bonds. The van der Waals surface area contributed by atoms with Crippen LogP contribution in [-0.2, 0) is 13.6 Å². The maximum atomic E-state index is 13.3. The van der Waals surface area contributed by atoms with Gasteiger partial charge in [0.05, 0.1) is 6.20 Å². The van der Waals surface area contributed by atoms with E-state index >= 15 is 0 Å². The van der Waals surface area contributed by atoms with E-state index in [2.05, 4.69) is 35.4 Å². The molecule has 5 rings (SSSR count). The minimum Gasteiger partial charge on any atom is -0.333 e. The van der Waals surface area contributed by atoms with Crippen molar-refractivity contribution in [3.8, 4) is 0 Å². The van der Waals surface area contributed by atoms with E-state index in [1.165, 1.54) is 11.1 Å². The van der Waals surface area contributed by atoms with Gasteiger partial charge in [0.25, 0.3) is 5.91 Å². The summed E-state index contributed by atoms with van der Waals surface area (Å²) in [4.78, 5) is 15.3. The number of aromatic nitrogens is 2. The van der Waals surface area contributed by atoms with E-state index in [4.69, 9.17) is 0 Å². The molecule has 0 aliphatic carbocycles. The molecule has 0 spiro atoms.